The summed E-state index contributed by atoms with van der Waals surface area (Å²) in [5.41, 5.74) is 1.51. The minimum Gasteiger partial charge on any atom is -0.454 e. The predicted molar refractivity (Wildman–Crippen MR) is 88.9 cm³/mol. The maximum atomic E-state index is 11.7. The van der Waals surface area contributed by atoms with Crippen molar-refractivity contribution in [3.05, 3.63) is 60.3 Å². The summed E-state index contributed by atoms with van der Waals surface area (Å²) in [4.78, 5) is 19.9. The lowest BCUT2D eigenvalue weighted by Crippen LogP contribution is -2.01. The second-order valence-electron chi connectivity index (χ2n) is 5.31. The van der Waals surface area contributed by atoms with Gasteiger partial charge in [-0.05, 0) is 35.9 Å². The topological polar surface area (TPSA) is 96.6 Å². The van der Waals surface area contributed by atoms with Crippen LogP contribution in [0.15, 0.2) is 53.3 Å². The number of aromatic nitrogens is 3. The predicted octanol–water partition coefficient (Wildman–Crippen LogP) is 2.62. The summed E-state index contributed by atoms with van der Waals surface area (Å²) in [5.74, 6) is 1.35. The number of benzene rings is 1. The van der Waals surface area contributed by atoms with Gasteiger partial charge < -0.3 is 18.7 Å². The van der Waals surface area contributed by atoms with Crippen LogP contribution in [0.25, 0.3) is 17.5 Å². The standard InChI is InChI=1S/C18H13N3O5/c22-17(6-3-12-2-1-7-19-9-12)23-10-16-20-18(21-26-16)13-4-5-14-15(8-13)25-11-24-14/h1-9H,10-11H2. The molecule has 0 fully saturated rings. The number of esters is 1. The lowest BCUT2D eigenvalue weighted by molar-refractivity contribution is -0.139. The Morgan fingerprint density at radius 1 is 1.23 bits per heavy atom. The van der Waals surface area contributed by atoms with Crippen LogP contribution in [-0.2, 0) is 16.1 Å². The Hall–Kier alpha value is -3.68. The molecule has 0 saturated heterocycles. The van der Waals surface area contributed by atoms with Gasteiger partial charge in [-0.2, -0.15) is 4.98 Å². The summed E-state index contributed by atoms with van der Waals surface area (Å²) >= 11 is 0. The van der Waals surface area contributed by atoms with Crippen LogP contribution in [0.3, 0.4) is 0 Å². The van der Waals surface area contributed by atoms with Crippen molar-refractivity contribution in [3.63, 3.8) is 0 Å². The molecule has 0 bridgehead atoms. The molecule has 0 radical (unpaired) electrons. The minimum absolute atomic E-state index is 0.117. The van der Waals surface area contributed by atoms with Crippen LogP contribution in [0.1, 0.15) is 11.5 Å². The molecule has 26 heavy (non-hydrogen) atoms. The van der Waals surface area contributed by atoms with Crippen molar-refractivity contribution in [2.75, 3.05) is 6.79 Å². The highest BCUT2D eigenvalue weighted by atomic mass is 16.7. The quantitative estimate of drug-likeness (QED) is 0.511. The average Bonchev–Trinajstić information content (AvgIpc) is 3.34. The third-order valence-electron chi connectivity index (χ3n) is 3.53. The number of pyridine rings is 1. The van der Waals surface area contributed by atoms with E-state index in [9.17, 15) is 4.79 Å². The molecule has 4 rings (SSSR count). The first kappa shape index (κ1) is 15.8. The lowest BCUT2D eigenvalue weighted by atomic mass is 10.2. The molecule has 130 valence electrons. The van der Waals surface area contributed by atoms with Crippen LogP contribution in [0, 0.1) is 0 Å². The highest BCUT2D eigenvalue weighted by molar-refractivity contribution is 5.86. The van der Waals surface area contributed by atoms with E-state index in [2.05, 4.69) is 15.1 Å². The Kier molecular flexibility index (Phi) is 4.29. The second-order valence-corrected chi connectivity index (χ2v) is 5.31. The van der Waals surface area contributed by atoms with Gasteiger partial charge in [-0.25, -0.2) is 4.79 Å². The molecule has 3 aromatic rings. The SMILES string of the molecule is O=C(C=Cc1cccnc1)OCc1nc(-c2ccc3c(c2)OCO3)no1. The lowest BCUT2D eigenvalue weighted by Gasteiger charge is -1.98. The Bertz CT molecular complexity index is 952. The molecule has 0 atom stereocenters. The molecule has 0 saturated carbocycles. The molecule has 8 nitrogen and oxygen atoms in total. The molecule has 1 aromatic carbocycles. The van der Waals surface area contributed by atoms with Crippen LogP contribution in [0.4, 0.5) is 0 Å². The van der Waals surface area contributed by atoms with Gasteiger partial charge in [0.1, 0.15) is 0 Å². The number of rotatable bonds is 5. The summed E-state index contributed by atoms with van der Waals surface area (Å²) in [6.07, 6.45) is 6.22. The molecule has 0 aliphatic carbocycles. The van der Waals surface area contributed by atoms with Crippen molar-refractivity contribution in [1.82, 2.24) is 15.1 Å². The summed E-state index contributed by atoms with van der Waals surface area (Å²) in [6, 6.07) is 8.94. The first-order valence-corrected chi connectivity index (χ1v) is 7.75. The van der Waals surface area contributed by atoms with Crippen molar-refractivity contribution >= 4 is 12.0 Å². The third-order valence-corrected chi connectivity index (χ3v) is 3.53. The van der Waals surface area contributed by atoms with E-state index in [1.54, 1.807) is 42.7 Å². The summed E-state index contributed by atoms with van der Waals surface area (Å²) in [6.45, 7) is 0.0760. The van der Waals surface area contributed by atoms with Gasteiger partial charge >= 0.3 is 5.97 Å². The molecule has 2 aromatic heterocycles. The van der Waals surface area contributed by atoms with E-state index in [0.717, 1.165) is 5.56 Å². The van der Waals surface area contributed by atoms with E-state index in [1.807, 2.05) is 6.07 Å². The summed E-state index contributed by atoms with van der Waals surface area (Å²) < 4.78 is 20.8. The first-order valence-electron chi connectivity index (χ1n) is 7.75. The van der Waals surface area contributed by atoms with Gasteiger partial charge in [-0.1, -0.05) is 11.2 Å². The van der Waals surface area contributed by atoms with Gasteiger partial charge in [0.25, 0.3) is 5.89 Å². The largest absolute Gasteiger partial charge is 0.454 e. The Morgan fingerprint density at radius 2 is 2.15 bits per heavy atom. The second kappa shape index (κ2) is 7.06. The Labute approximate surface area is 148 Å². The van der Waals surface area contributed by atoms with E-state index >= 15 is 0 Å². The number of carbonyl (C=O) groups is 1. The number of hydrogen-bond donors (Lipinski definition) is 0. The zero-order valence-electron chi connectivity index (χ0n) is 13.5. The zero-order valence-corrected chi connectivity index (χ0v) is 13.5. The van der Waals surface area contributed by atoms with Gasteiger partial charge in [0.05, 0.1) is 0 Å². The number of carbonyl (C=O) groups excluding carboxylic acids is 1. The van der Waals surface area contributed by atoms with E-state index in [1.165, 1.54) is 6.08 Å². The molecule has 8 heteroatoms. The van der Waals surface area contributed by atoms with Crippen molar-refractivity contribution in [1.29, 1.82) is 0 Å². The van der Waals surface area contributed by atoms with Crippen molar-refractivity contribution < 1.29 is 23.5 Å². The Balaban J connectivity index is 1.36. The van der Waals surface area contributed by atoms with Crippen LogP contribution >= 0.6 is 0 Å². The number of nitrogens with zero attached hydrogens (tertiary/aromatic N) is 3. The number of fused-ring (bicyclic) bond motifs is 1. The Morgan fingerprint density at radius 3 is 3.04 bits per heavy atom. The fraction of sp³-hybridized carbons (Fsp3) is 0.111. The summed E-state index contributed by atoms with van der Waals surface area (Å²) in [5, 5.41) is 3.88. The maximum Gasteiger partial charge on any atom is 0.331 e. The van der Waals surface area contributed by atoms with Gasteiger partial charge in [-0.15, -0.1) is 0 Å². The minimum atomic E-state index is -0.517. The molecule has 3 heterocycles. The average molecular weight is 351 g/mol. The maximum absolute atomic E-state index is 11.7. The highest BCUT2D eigenvalue weighted by Crippen LogP contribution is 2.35. The van der Waals surface area contributed by atoms with Gasteiger partial charge in [0.15, 0.2) is 18.1 Å². The van der Waals surface area contributed by atoms with Crippen molar-refractivity contribution in [2.45, 2.75) is 6.61 Å². The fourth-order valence-corrected chi connectivity index (χ4v) is 2.29. The van der Waals surface area contributed by atoms with E-state index in [0.29, 0.717) is 22.9 Å². The first-order chi connectivity index (χ1) is 12.8. The highest BCUT2D eigenvalue weighted by Gasteiger charge is 2.16. The van der Waals surface area contributed by atoms with E-state index in [-0.39, 0.29) is 19.3 Å². The molecule has 1 aliphatic rings. The molecule has 1 aliphatic heterocycles. The zero-order chi connectivity index (χ0) is 17.8. The molecule has 0 unspecified atom stereocenters. The number of hydrogen-bond acceptors (Lipinski definition) is 8. The molecule has 0 N–H and O–H groups in total. The van der Waals surface area contributed by atoms with E-state index in [4.69, 9.17) is 18.7 Å². The van der Waals surface area contributed by atoms with Crippen LogP contribution in [0.5, 0.6) is 11.5 Å². The number of ether oxygens (including phenoxy) is 3. The van der Waals surface area contributed by atoms with Crippen LogP contribution in [0.2, 0.25) is 0 Å². The van der Waals surface area contributed by atoms with Gasteiger partial charge in [0, 0.05) is 24.0 Å². The third kappa shape index (κ3) is 3.54. The van der Waals surface area contributed by atoms with Crippen molar-refractivity contribution in [3.8, 4) is 22.9 Å². The smallest absolute Gasteiger partial charge is 0.331 e. The van der Waals surface area contributed by atoms with Crippen LogP contribution < -0.4 is 9.47 Å². The van der Waals surface area contributed by atoms with Crippen LogP contribution in [-0.4, -0.2) is 27.9 Å². The summed E-state index contributed by atoms with van der Waals surface area (Å²) in [7, 11) is 0. The monoisotopic (exact) mass is 351 g/mol. The van der Waals surface area contributed by atoms with Gasteiger partial charge in [0.2, 0.25) is 12.6 Å². The van der Waals surface area contributed by atoms with E-state index < -0.39 is 5.97 Å². The molecule has 0 amide bonds. The van der Waals surface area contributed by atoms with Gasteiger partial charge in [-0.3, -0.25) is 4.98 Å². The molecular weight excluding hydrogens is 338 g/mol. The molecule has 0 spiro atoms. The molecular formula is C18H13N3O5. The fourth-order valence-electron chi connectivity index (χ4n) is 2.29. The van der Waals surface area contributed by atoms with Crippen molar-refractivity contribution in [2.24, 2.45) is 0 Å². The normalized spacial score (nSPS) is 12.5.